The van der Waals surface area contributed by atoms with Gasteiger partial charge in [0.25, 0.3) is 0 Å². The first kappa shape index (κ1) is 28.5. The lowest BCUT2D eigenvalue weighted by atomic mass is 10.0. The van der Waals surface area contributed by atoms with E-state index in [0.29, 0.717) is 38.1 Å². The highest BCUT2D eigenvalue weighted by Gasteiger charge is 2.31. The van der Waals surface area contributed by atoms with Crippen LogP contribution in [-0.2, 0) is 9.53 Å². The molecular weight excluding hydrogens is 524 g/mol. The number of rotatable bonds is 9. The van der Waals surface area contributed by atoms with Gasteiger partial charge in [0.1, 0.15) is 17.1 Å². The van der Waals surface area contributed by atoms with E-state index in [2.05, 4.69) is 28.5 Å². The second kappa shape index (κ2) is 12.1. The summed E-state index contributed by atoms with van der Waals surface area (Å²) in [5.41, 5.74) is 6.40. The summed E-state index contributed by atoms with van der Waals surface area (Å²) in [6, 6.07) is 0.763. The van der Waals surface area contributed by atoms with Crippen LogP contribution in [0, 0.1) is 23.5 Å². The zero-order chi connectivity index (χ0) is 29.0. The van der Waals surface area contributed by atoms with Gasteiger partial charge in [0.05, 0.1) is 36.7 Å². The third-order valence-corrected chi connectivity index (χ3v) is 6.68. The van der Waals surface area contributed by atoms with Gasteiger partial charge in [-0.25, -0.2) is 13.8 Å². The number of anilines is 1. The van der Waals surface area contributed by atoms with E-state index < -0.39 is 17.2 Å². The van der Waals surface area contributed by atoms with Crippen molar-refractivity contribution >= 4 is 28.4 Å². The monoisotopic (exact) mass is 553 g/mol. The molecule has 210 valence electrons. The van der Waals surface area contributed by atoms with Crippen molar-refractivity contribution in [1.29, 1.82) is 0 Å². The average Bonchev–Trinajstić information content (AvgIpc) is 3.59. The minimum atomic E-state index is -1.01. The molecule has 1 aliphatic rings. The summed E-state index contributed by atoms with van der Waals surface area (Å²) in [5.74, 6) is 2.31. The summed E-state index contributed by atoms with van der Waals surface area (Å²) in [6.07, 6.45) is 3.84. The predicted molar refractivity (Wildman–Crippen MR) is 143 cm³/mol. The van der Waals surface area contributed by atoms with Gasteiger partial charge in [-0.2, -0.15) is 5.10 Å². The van der Waals surface area contributed by atoms with Gasteiger partial charge in [0.2, 0.25) is 5.91 Å². The Labute approximate surface area is 229 Å². The van der Waals surface area contributed by atoms with Crippen LogP contribution in [0.3, 0.4) is 0 Å². The second-order valence-corrected chi connectivity index (χ2v) is 9.06. The number of benzene rings is 1. The summed E-state index contributed by atoms with van der Waals surface area (Å²) in [5, 5.41) is 4.90. The standard InChI is InChI=1S/C28H29F2N5O5/c1-5-23(37)34-11-10-16(15-34)35-27-18(20(36)7-6-12-38-2)14-32-28(31)24(27)19(33-35)9-8-17-25(29)21(39-3)13-22(40-4)26(17)30/h5,13-14,16H,1,6-7,10-12,15H2,2-4H3,(H2,31,32)/t16-/m0/s1. The Balaban J connectivity index is 1.90. The molecule has 2 N–H and O–H groups in total. The number of nitrogens with two attached hydrogens (primary N) is 1. The van der Waals surface area contributed by atoms with Crippen LogP contribution >= 0.6 is 0 Å². The fourth-order valence-corrected chi connectivity index (χ4v) is 4.65. The number of ether oxygens (including phenoxy) is 3. The number of nitrogens with zero attached hydrogens (tertiary/aromatic N) is 4. The SMILES string of the molecule is C=CC(=O)N1CC[C@H](n2nc(C#Cc3c(F)c(OC)cc(OC)c3F)c3c(N)ncc(C(=O)CCCOC)c32)C1. The number of amides is 1. The van der Waals surface area contributed by atoms with E-state index in [9.17, 15) is 18.4 Å². The van der Waals surface area contributed by atoms with Crippen molar-refractivity contribution in [3.63, 3.8) is 0 Å². The average molecular weight is 554 g/mol. The number of hydrogen-bond donors (Lipinski definition) is 1. The topological polar surface area (TPSA) is 122 Å². The van der Waals surface area contributed by atoms with Crippen LogP contribution in [-0.4, -0.2) is 72.4 Å². The smallest absolute Gasteiger partial charge is 0.246 e. The maximum atomic E-state index is 15.0. The number of halogens is 2. The van der Waals surface area contributed by atoms with Crippen molar-refractivity contribution in [3.05, 3.63) is 53.4 Å². The van der Waals surface area contributed by atoms with Gasteiger partial charge < -0.3 is 24.8 Å². The molecule has 0 radical (unpaired) electrons. The molecule has 1 amide bonds. The number of likely N-dealkylation sites (tertiary alicyclic amines) is 1. The number of methoxy groups -OCH3 is 3. The van der Waals surface area contributed by atoms with Crippen molar-refractivity contribution in [2.24, 2.45) is 0 Å². The van der Waals surface area contributed by atoms with Gasteiger partial charge in [0, 0.05) is 45.5 Å². The number of nitrogen functional groups attached to an aromatic ring is 1. The molecule has 3 aromatic rings. The number of pyridine rings is 1. The van der Waals surface area contributed by atoms with Crippen molar-refractivity contribution < 1.29 is 32.6 Å². The summed E-state index contributed by atoms with van der Waals surface area (Å²) in [4.78, 5) is 31.3. The van der Waals surface area contributed by atoms with E-state index in [-0.39, 0.29) is 58.1 Å². The zero-order valence-corrected chi connectivity index (χ0v) is 22.4. The Kier molecular flexibility index (Phi) is 8.64. The minimum Gasteiger partial charge on any atom is -0.493 e. The lowest BCUT2D eigenvalue weighted by Crippen LogP contribution is -2.27. The molecule has 3 heterocycles. The van der Waals surface area contributed by atoms with E-state index >= 15 is 0 Å². The molecule has 10 nitrogen and oxygen atoms in total. The first-order valence-corrected chi connectivity index (χ1v) is 12.5. The Bertz CT molecular complexity index is 1510. The molecule has 12 heteroatoms. The van der Waals surface area contributed by atoms with E-state index in [1.165, 1.54) is 26.5 Å². The van der Waals surface area contributed by atoms with Crippen LogP contribution in [0.1, 0.15) is 46.9 Å². The van der Waals surface area contributed by atoms with Crippen LogP contribution < -0.4 is 15.2 Å². The van der Waals surface area contributed by atoms with E-state index in [1.807, 2.05) is 0 Å². The molecule has 1 aliphatic heterocycles. The highest BCUT2D eigenvalue weighted by atomic mass is 19.1. The van der Waals surface area contributed by atoms with E-state index in [0.717, 1.165) is 6.07 Å². The largest absolute Gasteiger partial charge is 0.493 e. The first-order valence-electron chi connectivity index (χ1n) is 12.5. The van der Waals surface area contributed by atoms with Crippen LogP contribution in [0.15, 0.2) is 24.9 Å². The number of Topliss-reactive ketones (excluding diaryl/α,β-unsaturated/α-hetero) is 1. The number of hydrogen-bond acceptors (Lipinski definition) is 8. The molecule has 0 spiro atoms. The first-order chi connectivity index (χ1) is 19.2. The highest BCUT2D eigenvalue weighted by Crippen LogP contribution is 2.34. The van der Waals surface area contributed by atoms with Gasteiger partial charge in [-0.3, -0.25) is 14.3 Å². The Morgan fingerprint density at radius 2 is 1.90 bits per heavy atom. The Morgan fingerprint density at radius 1 is 1.20 bits per heavy atom. The molecule has 0 bridgehead atoms. The third-order valence-electron chi connectivity index (χ3n) is 6.68. The summed E-state index contributed by atoms with van der Waals surface area (Å²) < 4.78 is 46.6. The van der Waals surface area contributed by atoms with Gasteiger partial charge in [0.15, 0.2) is 28.9 Å². The van der Waals surface area contributed by atoms with Gasteiger partial charge in [-0.05, 0) is 24.8 Å². The fourth-order valence-electron chi connectivity index (χ4n) is 4.65. The number of ketones is 1. The summed E-state index contributed by atoms with van der Waals surface area (Å²) >= 11 is 0. The maximum Gasteiger partial charge on any atom is 0.246 e. The fraction of sp³-hybridized carbons (Fsp3) is 0.357. The third kappa shape index (κ3) is 5.33. The molecule has 1 saturated heterocycles. The maximum absolute atomic E-state index is 15.0. The minimum absolute atomic E-state index is 0.0418. The van der Waals surface area contributed by atoms with Crippen molar-refractivity contribution in [1.82, 2.24) is 19.7 Å². The summed E-state index contributed by atoms with van der Waals surface area (Å²) in [7, 11) is 4.02. The quantitative estimate of drug-likeness (QED) is 0.186. The van der Waals surface area contributed by atoms with Crippen molar-refractivity contribution in [2.45, 2.75) is 25.3 Å². The normalized spacial score (nSPS) is 14.6. The second-order valence-electron chi connectivity index (χ2n) is 9.06. The molecule has 0 saturated carbocycles. The lowest BCUT2D eigenvalue weighted by Gasteiger charge is -2.16. The molecule has 1 aromatic carbocycles. The number of carbonyl (C=O) groups excluding carboxylic acids is 2. The molecule has 2 aromatic heterocycles. The van der Waals surface area contributed by atoms with E-state index in [4.69, 9.17) is 19.9 Å². The van der Waals surface area contributed by atoms with Crippen molar-refractivity contribution in [2.75, 3.05) is 46.8 Å². The van der Waals surface area contributed by atoms with Gasteiger partial charge in [-0.15, -0.1) is 0 Å². The van der Waals surface area contributed by atoms with Crippen molar-refractivity contribution in [3.8, 4) is 23.3 Å². The van der Waals surface area contributed by atoms with Crippen LogP contribution in [0.5, 0.6) is 11.5 Å². The Morgan fingerprint density at radius 3 is 2.52 bits per heavy atom. The predicted octanol–water partition coefficient (Wildman–Crippen LogP) is 3.28. The van der Waals surface area contributed by atoms with Gasteiger partial charge in [-0.1, -0.05) is 12.5 Å². The number of carbonyl (C=O) groups is 2. The molecule has 0 aliphatic carbocycles. The van der Waals surface area contributed by atoms with Crippen LogP contribution in [0.25, 0.3) is 10.9 Å². The molecule has 0 unspecified atom stereocenters. The number of fused-ring (bicyclic) bond motifs is 1. The molecule has 4 rings (SSSR count). The molecular formula is C28H29F2N5O5. The molecule has 1 fully saturated rings. The molecule has 40 heavy (non-hydrogen) atoms. The zero-order valence-electron chi connectivity index (χ0n) is 22.4. The van der Waals surface area contributed by atoms with Crippen LogP contribution in [0.4, 0.5) is 14.6 Å². The lowest BCUT2D eigenvalue weighted by molar-refractivity contribution is -0.125. The van der Waals surface area contributed by atoms with Gasteiger partial charge >= 0.3 is 0 Å². The molecule has 1 atom stereocenters. The van der Waals surface area contributed by atoms with Crippen LogP contribution in [0.2, 0.25) is 0 Å². The number of aromatic nitrogens is 3. The highest BCUT2D eigenvalue weighted by molar-refractivity contribution is 6.10. The Hall–Kier alpha value is -4.50. The summed E-state index contributed by atoms with van der Waals surface area (Å²) in [6.45, 7) is 4.71. The van der Waals surface area contributed by atoms with E-state index in [1.54, 1.807) is 16.7 Å².